The van der Waals surface area contributed by atoms with Gasteiger partial charge in [0.2, 0.25) is 10.0 Å². The Morgan fingerprint density at radius 3 is 2.00 bits per heavy atom. The van der Waals surface area contributed by atoms with Crippen LogP contribution in [0.5, 0.6) is 0 Å². The van der Waals surface area contributed by atoms with Crippen molar-refractivity contribution in [1.29, 1.82) is 0 Å². The number of carboxylic acid groups (broad SMARTS) is 1. The smallest absolute Gasteiger partial charge is 0.337 e. The number of nitro benzene ring substituents is 1. The minimum absolute atomic E-state index is 0.0608. The maximum Gasteiger partial charge on any atom is 0.337 e. The van der Waals surface area contributed by atoms with Crippen LogP contribution in [0.1, 0.15) is 123 Å². The highest BCUT2D eigenvalue weighted by Gasteiger charge is 2.23. The fourth-order valence-electron chi connectivity index (χ4n) is 5.18. The molecule has 0 saturated carbocycles. The van der Waals surface area contributed by atoms with Crippen molar-refractivity contribution in [2.45, 2.75) is 115 Å². The molecule has 2 unspecified atom stereocenters. The Kier molecular flexibility index (Phi) is 17.3. The number of carbonyl (C=O) groups excluding carboxylic acids is 1. The van der Waals surface area contributed by atoms with Crippen molar-refractivity contribution >= 4 is 33.3 Å². The Hall–Kier alpha value is -3.55. The van der Waals surface area contributed by atoms with Gasteiger partial charge in [-0.25, -0.2) is 13.2 Å². The number of sulfonamides is 1. The predicted molar refractivity (Wildman–Crippen MR) is 177 cm³/mol. The number of nitro groups is 1. The first kappa shape index (κ1) is 38.6. The molecule has 0 spiro atoms. The van der Waals surface area contributed by atoms with E-state index < -0.39 is 44.8 Å². The van der Waals surface area contributed by atoms with Crippen LogP contribution in [0.4, 0.5) is 11.4 Å². The number of para-hydroxylation sites is 1. The summed E-state index contributed by atoms with van der Waals surface area (Å²) in [6.07, 6.45) is 12.1. The average Bonchev–Trinajstić information content (AvgIpc) is 3.01. The maximum atomic E-state index is 12.8. The monoisotopic (exact) mass is 663 g/mol. The lowest BCUT2D eigenvalue weighted by Crippen LogP contribution is -2.25. The molecule has 46 heavy (non-hydrogen) atoms. The number of carbonyl (C=O) groups is 2. The summed E-state index contributed by atoms with van der Waals surface area (Å²) in [6.45, 7) is 2.56. The van der Waals surface area contributed by atoms with Gasteiger partial charge in [-0.05, 0) is 37.5 Å². The molecule has 12 nitrogen and oxygen atoms in total. The number of aliphatic hydroxyl groups is 2. The zero-order valence-corrected chi connectivity index (χ0v) is 27.5. The van der Waals surface area contributed by atoms with Crippen LogP contribution >= 0.6 is 0 Å². The van der Waals surface area contributed by atoms with Crippen LogP contribution in [0.15, 0.2) is 42.5 Å². The first-order valence-electron chi connectivity index (χ1n) is 16.2. The molecular weight excluding hydrogens is 614 g/mol. The molecule has 256 valence electrons. The molecule has 0 aliphatic heterocycles. The van der Waals surface area contributed by atoms with Gasteiger partial charge < -0.3 is 20.6 Å². The van der Waals surface area contributed by atoms with E-state index in [1.54, 1.807) is 0 Å². The van der Waals surface area contributed by atoms with E-state index in [-0.39, 0.29) is 28.1 Å². The summed E-state index contributed by atoms with van der Waals surface area (Å²) in [7, 11) is -4.27. The molecule has 0 aliphatic carbocycles. The van der Waals surface area contributed by atoms with Crippen LogP contribution in [0, 0.1) is 10.1 Å². The van der Waals surface area contributed by atoms with E-state index in [1.807, 2.05) is 0 Å². The van der Waals surface area contributed by atoms with E-state index in [1.165, 1.54) is 56.0 Å². The summed E-state index contributed by atoms with van der Waals surface area (Å²) in [5, 5.41) is 43.9. The summed E-state index contributed by atoms with van der Waals surface area (Å²) in [4.78, 5) is 35.0. The van der Waals surface area contributed by atoms with Crippen molar-refractivity contribution in [2.24, 2.45) is 0 Å². The van der Waals surface area contributed by atoms with Crippen molar-refractivity contribution in [3.63, 3.8) is 0 Å². The molecular formula is C33H49N3O9S. The number of rotatable bonds is 24. The number of nitrogens with one attached hydrogen (secondary N) is 2. The second-order valence-corrected chi connectivity index (χ2v) is 13.4. The standard InChI is InChI=1S/C33H49N3O9S/c1-2-3-4-5-8-11-18-30(37)31(38)19-12-9-6-7-10-15-22-34-32(39)25-20-21-27(33(40)41)28(23-25)35-46(44,45)24-26-16-13-14-17-29(26)36(42)43/h13-14,16-17,20-21,23,30-31,35,37-38H,2-12,15,18-19,22,24H2,1H3,(H,34,39)(H,40,41). The van der Waals surface area contributed by atoms with E-state index in [4.69, 9.17) is 0 Å². The van der Waals surface area contributed by atoms with Crippen LogP contribution in [-0.4, -0.2) is 59.3 Å². The number of anilines is 1. The molecule has 13 heteroatoms. The molecule has 0 heterocycles. The zero-order valence-electron chi connectivity index (χ0n) is 26.7. The van der Waals surface area contributed by atoms with Crippen molar-refractivity contribution in [3.05, 3.63) is 69.3 Å². The molecule has 2 atom stereocenters. The number of nitrogens with zero attached hydrogens (tertiary/aromatic N) is 1. The molecule has 0 aromatic heterocycles. The van der Waals surface area contributed by atoms with Gasteiger partial charge in [-0.1, -0.05) is 95.8 Å². The quantitative estimate of drug-likeness (QED) is 0.0496. The first-order valence-corrected chi connectivity index (χ1v) is 17.8. The minimum atomic E-state index is -4.27. The number of unbranched alkanes of at least 4 members (excludes halogenated alkanes) is 10. The van der Waals surface area contributed by atoms with Crippen molar-refractivity contribution in [1.82, 2.24) is 5.32 Å². The molecule has 0 bridgehead atoms. The molecule has 1 amide bonds. The van der Waals surface area contributed by atoms with Gasteiger partial charge in [0.05, 0.1) is 28.4 Å². The summed E-state index contributed by atoms with van der Waals surface area (Å²) in [6, 6.07) is 8.90. The predicted octanol–water partition coefficient (Wildman–Crippen LogP) is 6.17. The van der Waals surface area contributed by atoms with E-state index in [0.717, 1.165) is 57.1 Å². The molecule has 2 aromatic carbocycles. The Morgan fingerprint density at radius 2 is 1.41 bits per heavy atom. The van der Waals surface area contributed by atoms with Crippen molar-refractivity contribution in [2.75, 3.05) is 11.3 Å². The SMILES string of the molecule is CCCCCCCCC(O)C(O)CCCCCCCCNC(=O)c1ccc(C(=O)O)c(NS(=O)(=O)Cc2ccccc2[N+](=O)[O-])c1. The zero-order chi connectivity index (χ0) is 34.0. The number of hydrogen-bond donors (Lipinski definition) is 5. The average molecular weight is 664 g/mol. The highest BCUT2D eigenvalue weighted by Crippen LogP contribution is 2.24. The lowest BCUT2D eigenvalue weighted by Gasteiger charge is -2.17. The Labute approximate surface area is 271 Å². The van der Waals surface area contributed by atoms with Crippen LogP contribution in [0.25, 0.3) is 0 Å². The van der Waals surface area contributed by atoms with Gasteiger partial charge in [0.1, 0.15) is 5.75 Å². The summed E-state index contributed by atoms with van der Waals surface area (Å²) in [5.74, 6) is -2.67. The molecule has 2 rings (SSSR count). The minimum Gasteiger partial charge on any atom is -0.478 e. The summed E-state index contributed by atoms with van der Waals surface area (Å²) < 4.78 is 27.8. The Balaban J connectivity index is 1.74. The van der Waals surface area contributed by atoms with Gasteiger partial charge in [-0.2, -0.15) is 0 Å². The lowest BCUT2D eigenvalue weighted by atomic mass is 9.99. The first-order chi connectivity index (χ1) is 21.9. The number of hydrogen-bond acceptors (Lipinski definition) is 8. The maximum absolute atomic E-state index is 12.8. The second kappa shape index (κ2) is 20.5. The number of aliphatic hydroxyl groups excluding tert-OH is 2. The van der Waals surface area contributed by atoms with Gasteiger partial charge in [-0.15, -0.1) is 0 Å². The molecule has 0 radical (unpaired) electrons. The largest absolute Gasteiger partial charge is 0.478 e. The third-order valence-corrected chi connectivity index (χ3v) is 9.04. The van der Waals surface area contributed by atoms with Gasteiger partial charge in [0.15, 0.2) is 0 Å². The van der Waals surface area contributed by atoms with E-state index >= 15 is 0 Å². The van der Waals surface area contributed by atoms with Crippen LogP contribution in [0.3, 0.4) is 0 Å². The molecule has 0 aliphatic rings. The fourth-order valence-corrected chi connectivity index (χ4v) is 6.41. The third-order valence-electron chi connectivity index (χ3n) is 7.82. The highest BCUT2D eigenvalue weighted by molar-refractivity contribution is 7.91. The summed E-state index contributed by atoms with van der Waals surface area (Å²) in [5.41, 5.74) is -1.08. The van der Waals surface area contributed by atoms with E-state index in [2.05, 4.69) is 17.0 Å². The van der Waals surface area contributed by atoms with E-state index in [9.17, 15) is 43.4 Å². The highest BCUT2D eigenvalue weighted by atomic mass is 32.2. The topological polar surface area (TPSA) is 196 Å². The van der Waals surface area contributed by atoms with Gasteiger partial charge in [0.25, 0.3) is 11.6 Å². The Morgan fingerprint density at radius 1 is 0.848 bits per heavy atom. The Bertz CT molecular complexity index is 1370. The van der Waals surface area contributed by atoms with Crippen LogP contribution < -0.4 is 10.0 Å². The summed E-state index contributed by atoms with van der Waals surface area (Å²) >= 11 is 0. The van der Waals surface area contributed by atoms with Crippen LogP contribution in [0.2, 0.25) is 0 Å². The number of amides is 1. The van der Waals surface area contributed by atoms with Crippen LogP contribution in [-0.2, 0) is 15.8 Å². The van der Waals surface area contributed by atoms with E-state index in [0.29, 0.717) is 25.8 Å². The number of aromatic carboxylic acids is 1. The van der Waals surface area contributed by atoms with Crippen molar-refractivity contribution in [3.8, 4) is 0 Å². The van der Waals surface area contributed by atoms with Gasteiger partial charge in [-0.3, -0.25) is 19.6 Å². The normalized spacial score (nSPS) is 12.8. The van der Waals surface area contributed by atoms with Gasteiger partial charge in [0, 0.05) is 23.7 Å². The number of benzene rings is 2. The van der Waals surface area contributed by atoms with Crippen molar-refractivity contribution < 1.29 is 38.2 Å². The second-order valence-electron chi connectivity index (χ2n) is 11.7. The molecule has 0 saturated heterocycles. The molecule has 2 aromatic rings. The molecule has 0 fully saturated rings. The number of carboxylic acids is 1. The lowest BCUT2D eigenvalue weighted by molar-refractivity contribution is -0.385. The van der Waals surface area contributed by atoms with Gasteiger partial charge >= 0.3 is 5.97 Å². The third kappa shape index (κ3) is 14.3. The fraction of sp³-hybridized carbons (Fsp3) is 0.576. The molecule has 5 N–H and O–H groups in total.